The van der Waals surface area contributed by atoms with Gasteiger partial charge in [0.15, 0.2) is 11.5 Å². The highest BCUT2D eigenvalue weighted by molar-refractivity contribution is 5.59. The molecule has 1 heterocycles. The molecule has 3 heteroatoms. The van der Waals surface area contributed by atoms with Gasteiger partial charge < -0.3 is 15.5 Å². The van der Waals surface area contributed by atoms with Crippen LogP contribution in [0.5, 0.6) is 11.5 Å². The van der Waals surface area contributed by atoms with Crippen molar-refractivity contribution in [2.45, 2.75) is 24.7 Å². The van der Waals surface area contributed by atoms with Gasteiger partial charge in [0, 0.05) is 24.6 Å². The van der Waals surface area contributed by atoms with Crippen LogP contribution in [0, 0.1) is 0 Å². The average molecular weight is 281 g/mol. The predicted octanol–water partition coefficient (Wildman–Crippen LogP) is 2.86. The van der Waals surface area contributed by atoms with E-state index in [1.165, 1.54) is 16.7 Å². The van der Waals surface area contributed by atoms with Crippen LogP contribution in [0.2, 0.25) is 0 Å². The molecule has 2 atom stereocenters. The van der Waals surface area contributed by atoms with Crippen molar-refractivity contribution < 1.29 is 10.2 Å². The predicted molar refractivity (Wildman–Crippen MR) is 82.0 cm³/mol. The number of hydrogen-bond acceptors (Lipinski definition) is 3. The molecule has 21 heavy (non-hydrogen) atoms. The second-order valence-electron chi connectivity index (χ2n) is 6.08. The lowest BCUT2D eigenvalue weighted by atomic mass is 9.85. The van der Waals surface area contributed by atoms with Gasteiger partial charge in [-0.2, -0.15) is 0 Å². The minimum Gasteiger partial charge on any atom is -0.504 e. The molecule has 0 saturated heterocycles. The molecule has 0 bridgehead atoms. The van der Waals surface area contributed by atoms with Gasteiger partial charge in [0.2, 0.25) is 0 Å². The lowest BCUT2D eigenvalue weighted by Gasteiger charge is -2.20. The minimum absolute atomic E-state index is 0.0206. The second kappa shape index (κ2) is 4.78. The Labute approximate surface area is 124 Å². The largest absolute Gasteiger partial charge is 0.504 e. The van der Waals surface area contributed by atoms with Crippen molar-refractivity contribution in [3.63, 3.8) is 0 Å². The third-order valence-corrected chi connectivity index (χ3v) is 4.92. The maximum atomic E-state index is 10.2. The number of rotatable bonds is 1. The lowest BCUT2D eigenvalue weighted by Crippen LogP contribution is -2.22. The van der Waals surface area contributed by atoms with Crippen molar-refractivity contribution in [2.24, 2.45) is 0 Å². The zero-order valence-electron chi connectivity index (χ0n) is 11.8. The number of benzene rings is 2. The van der Waals surface area contributed by atoms with Crippen LogP contribution >= 0.6 is 0 Å². The van der Waals surface area contributed by atoms with Crippen molar-refractivity contribution in [1.29, 1.82) is 0 Å². The van der Waals surface area contributed by atoms with Gasteiger partial charge in [-0.15, -0.1) is 0 Å². The molecule has 2 aliphatic rings. The fraction of sp³-hybridized carbons (Fsp3) is 0.333. The van der Waals surface area contributed by atoms with E-state index < -0.39 is 0 Å². The van der Waals surface area contributed by atoms with E-state index in [1.54, 1.807) is 6.07 Å². The molecular formula is C18H19NO2. The van der Waals surface area contributed by atoms with Crippen LogP contribution in [0.25, 0.3) is 0 Å². The monoisotopic (exact) mass is 281 g/mol. The maximum Gasteiger partial charge on any atom is 0.160 e. The number of phenols is 2. The van der Waals surface area contributed by atoms with Gasteiger partial charge in [0.05, 0.1) is 0 Å². The van der Waals surface area contributed by atoms with Gasteiger partial charge >= 0.3 is 0 Å². The van der Waals surface area contributed by atoms with Crippen molar-refractivity contribution >= 4 is 0 Å². The van der Waals surface area contributed by atoms with Gasteiger partial charge in [0.25, 0.3) is 0 Å². The first kappa shape index (κ1) is 12.7. The smallest absolute Gasteiger partial charge is 0.160 e. The quantitative estimate of drug-likeness (QED) is 0.705. The minimum atomic E-state index is 0.0206. The standard InChI is InChI=1S/C18H19NO2/c20-16-8-14-15(11-4-2-1-3-5-11)10-19-9-12-6-7-13(17(12)14)18(16)21/h1-5,8,12,15,19-21H,6-7,9-10H2. The fourth-order valence-corrected chi connectivity index (χ4v) is 3.93. The third-order valence-electron chi connectivity index (χ3n) is 4.92. The summed E-state index contributed by atoms with van der Waals surface area (Å²) >= 11 is 0. The maximum absolute atomic E-state index is 10.2. The number of phenolic OH excluding ortho intramolecular Hbond substituents is 2. The van der Waals surface area contributed by atoms with Gasteiger partial charge in [0.1, 0.15) is 0 Å². The topological polar surface area (TPSA) is 52.5 Å². The summed E-state index contributed by atoms with van der Waals surface area (Å²) in [7, 11) is 0. The van der Waals surface area contributed by atoms with E-state index in [0.717, 1.165) is 31.5 Å². The number of hydrogen-bond donors (Lipinski definition) is 3. The molecule has 2 aromatic rings. The molecule has 0 saturated carbocycles. The highest BCUT2D eigenvalue weighted by Crippen LogP contribution is 2.48. The Bertz CT molecular complexity index is 681. The summed E-state index contributed by atoms with van der Waals surface area (Å²) in [5.74, 6) is 0.793. The first-order valence-corrected chi connectivity index (χ1v) is 7.59. The molecule has 0 fully saturated rings. The Balaban J connectivity index is 1.93. The molecule has 2 unspecified atom stereocenters. The average Bonchev–Trinajstić information content (AvgIpc) is 2.85. The molecule has 0 aromatic heterocycles. The molecule has 0 amide bonds. The van der Waals surface area contributed by atoms with Crippen molar-refractivity contribution in [2.75, 3.05) is 13.1 Å². The summed E-state index contributed by atoms with van der Waals surface area (Å²) in [4.78, 5) is 0. The summed E-state index contributed by atoms with van der Waals surface area (Å²) < 4.78 is 0. The highest BCUT2D eigenvalue weighted by atomic mass is 16.3. The van der Waals surface area contributed by atoms with Gasteiger partial charge in [-0.05, 0) is 41.5 Å². The molecule has 2 aromatic carbocycles. The van der Waals surface area contributed by atoms with Crippen LogP contribution in [0.4, 0.5) is 0 Å². The lowest BCUT2D eigenvalue weighted by molar-refractivity contribution is 0.399. The SMILES string of the molecule is Oc1cc2c3c(c1O)CCC3CNCC2c1ccccc1. The van der Waals surface area contributed by atoms with E-state index in [4.69, 9.17) is 0 Å². The zero-order chi connectivity index (χ0) is 14.4. The Morgan fingerprint density at radius 3 is 2.67 bits per heavy atom. The van der Waals surface area contributed by atoms with Gasteiger partial charge in [-0.25, -0.2) is 0 Å². The fourth-order valence-electron chi connectivity index (χ4n) is 3.93. The summed E-state index contributed by atoms with van der Waals surface area (Å²) in [5.41, 5.74) is 4.66. The van der Waals surface area contributed by atoms with E-state index in [9.17, 15) is 10.2 Å². The van der Waals surface area contributed by atoms with Crippen LogP contribution in [-0.2, 0) is 6.42 Å². The van der Waals surface area contributed by atoms with Crippen molar-refractivity contribution in [3.05, 3.63) is 58.7 Å². The molecule has 3 nitrogen and oxygen atoms in total. The van der Waals surface area contributed by atoms with Crippen LogP contribution < -0.4 is 5.32 Å². The second-order valence-corrected chi connectivity index (χ2v) is 6.08. The third kappa shape index (κ3) is 1.92. The Morgan fingerprint density at radius 1 is 1.05 bits per heavy atom. The van der Waals surface area contributed by atoms with E-state index in [1.807, 2.05) is 6.07 Å². The summed E-state index contributed by atoms with van der Waals surface area (Å²) in [6.45, 7) is 1.82. The molecular weight excluding hydrogens is 262 g/mol. The molecule has 4 rings (SSSR count). The molecule has 1 aliphatic carbocycles. The van der Waals surface area contributed by atoms with E-state index in [-0.39, 0.29) is 17.4 Å². The summed E-state index contributed by atoms with van der Waals surface area (Å²) in [5, 5.41) is 23.8. The van der Waals surface area contributed by atoms with E-state index in [2.05, 4.69) is 29.6 Å². The van der Waals surface area contributed by atoms with Crippen LogP contribution in [-0.4, -0.2) is 23.3 Å². The first-order valence-electron chi connectivity index (χ1n) is 7.59. The van der Waals surface area contributed by atoms with Crippen LogP contribution in [0.15, 0.2) is 36.4 Å². The van der Waals surface area contributed by atoms with Crippen molar-refractivity contribution in [3.8, 4) is 11.5 Å². The normalized spacial score (nSPS) is 23.6. The van der Waals surface area contributed by atoms with Crippen LogP contribution in [0.1, 0.15) is 40.5 Å². The number of aromatic hydroxyl groups is 2. The Kier molecular flexibility index (Phi) is 2.89. The van der Waals surface area contributed by atoms with Gasteiger partial charge in [-0.1, -0.05) is 30.3 Å². The zero-order valence-corrected chi connectivity index (χ0v) is 11.8. The Morgan fingerprint density at radius 2 is 1.86 bits per heavy atom. The van der Waals surface area contributed by atoms with Crippen molar-refractivity contribution in [1.82, 2.24) is 5.32 Å². The molecule has 108 valence electrons. The number of nitrogens with one attached hydrogen (secondary N) is 1. The van der Waals surface area contributed by atoms with Crippen LogP contribution in [0.3, 0.4) is 0 Å². The molecule has 3 N–H and O–H groups in total. The summed E-state index contributed by atoms with van der Waals surface area (Å²) in [6.07, 6.45) is 1.91. The highest BCUT2D eigenvalue weighted by Gasteiger charge is 2.34. The molecule has 0 radical (unpaired) electrons. The van der Waals surface area contributed by atoms with E-state index in [0.29, 0.717) is 5.92 Å². The molecule has 1 aliphatic heterocycles. The molecule has 0 spiro atoms. The van der Waals surface area contributed by atoms with Gasteiger partial charge in [-0.3, -0.25) is 0 Å². The first-order chi connectivity index (χ1) is 10.3. The van der Waals surface area contributed by atoms with E-state index >= 15 is 0 Å². The summed E-state index contributed by atoms with van der Waals surface area (Å²) in [6, 6.07) is 12.2. The Hall–Kier alpha value is -2.00.